The maximum atomic E-state index is 5.24. The second-order valence-electron chi connectivity index (χ2n) is 3.14. The molecule has 0 aromatic carbocycles. The summed E-state index contributed by atoms with van der Waals surface area (Å²) in [6.07, 6.45) is 0.987. The van der Waals surface area contributed by atoms with Gasteiger partial charge in [-0.3, -0.25) is 0 Å². The molecule has 1 aromatic rings. The van der Waals surface area contributed by atoms with Gasteiger partial charge in [0.25, 0.3) is 0 Å². The van der Waals surface area contributed by atoms with Gasteiger partial charge >= 0.3 is 0 Å². The third kappa shape index (κ3) is 1.87. The molecular weight excluding hydrogens is 170 g/mol. The summed E-state index contributed by atoms with van der Waals surface area (Å²) in [7, 11) is 1.86. The van der Waals surface area contributed by atoms with Crippen LogP contribution in [0.2, 0.25) is 0 Å². The molecule has 5 heteroatoms. The summed E-state index contributed by atoms with van der Waals surface area (Å²) in [6, 6.07) is 0. The zero-order chi connectivity index (χ0) is 9.10. The van der Waals surface area contributed by atoms with Crippen molar-refractivity contribution in [2.45, 2.75) is 18.9 Å². The van der Waals surface area contributed by atoms with Gasteiger partial charge in [-0.1, -0.05) is 5.16 Å². The highest BCUT2D eigenvalue weighted by molar-refractivity contribution is 4.95. The van der Waals surface area contributed by atoms with E-state index in [2.05, 4.69) is 15.5 Å². The van der Waals surface area contributed by atoms with Crippen LogP contribution in [0.15, 0.2) is 4.52 Å². The summed E-state index contributed by atoms with van der Waals surface area (Å²) in [5.74, 6) is 1.73. The van der Waals surface area contributed by atoms with E-state index < -0.39 is 0 Å². The van der Waals surface area contributed by atoms with Crippen LogP contribution in [0, 0.1) is 0 Å². The van der Waals surface area contributed by atoms with Crippen molar-refractivity contribution in [3.63, 3.8) is 0 Å². The smallest absolute Gasteiger partial charge is 0.232 e. The molecule has 1 unspecified atom stereocenters. The molecule has 2 heterocycles. The molecule has 0 amide bonds. The van der Waals surface area contributed by atoms with Crippen molar-refractivity contribution >= 4 is 0 Å². The summed E-state index contributed by atoms with van der Waals surface area (Å²) < 4.78 is 10.4. The summed E-state index contributed by atoms with van der Waals surface area (Å²) in [5.41, 5.74) is 0. The zero-order valence-electron chi connectivity index (χ0n) is 7.62. The Labute approximate surface area is 76.5 Å². The van der Waals surface area contributed by atoms with Gasteiger partial charge < -0.3 is 14.6 Å². The molecule has 1 atom stereocenters. The quantitative estimate of drug-likeness (QED) is 0.730. The fourth-order valence-corrected chi connectivity index (χ4v) is 1.39. The minimum atomic E-state index is 0.304. The van der Waals surface area contributed by atoms with Crippen molar-refractivity contribution in [2.75, 3.05) is 20.3 Å². The van der Waals surface area contributed by atoms with E-state index in [4.69, 9.17) is 9.26 Å². The van der Waals surface area contributed by atoms with Gasteiger partial charge in [0.15, 0.2) is 5.82 Å². The summed E-state index contributed by atoms with van der Waals surface area (Å²) in [5, 5.41) is 6.82. The van der Waals surface area contributed by atoms with Crippen molar-refractivity contribution in [1.29, 1.82) is 0 Å². The van der Waals surface area contributed by atoms with Crippen LogP contribution in [0.5, 0.6) is 0 Å². The Morgan fingerprint density at radius 2 is 2.54 bits per heavy atom. The Kier molecular flexibility index (Phi) is 2.56. The molecule has 2 rings (SSSR count). The van der Waals surface area contributed by atoms with E-state index in [1.807, 2.05) is 7.05 Å². The molecule has 1 N–H and O–H groups in total. The van der Waals surface area contributed by atoms with Gasteiger partial charge in [0.2, 0.25) is 5.89 Å². The molecule has 0 saturated carbocycles. The minimum absolute atomic E-state index is 0.304. The molecule has 0 bridgehead atoms. The molecular formula is C8H13N3O2. The Hall–Kier alpha value is -0.940. The van der Waals surface area contributed by atoms with E-state index in [-0.39, 0.29) is 0 Å². The largest absolute Gasteiger partial charge is 0.381 e. The van der Waals surface area contributed by atoms with Crippen molar-refractivity contribution in [1.82, 2.24) is 15.5 Å². The van der Waals surface area contributed by atoms with E-state index in [9.17, 15) is 0 Å². The highest BCUT2D eigenvalue weighted by atomic mass is 16.5. The molecule has 1 aliphatic heterocycles. The van der Waals surface area contributed by atoms with Crippen molar-refractivity contribution in [3.8, 4) is 0 Å². The van der Waals surface area contributed by atoms with Crippen LogP contribution in [0.4, 0.5) is 0 Å². The third-order valence-corrected chi connectivity index (χ3v) is 2.10. The Morgan fingerprint density at radius 1 is 1.62 bits per heavy atom. The predicted octanol–water partition coefficient (Wildman–Crippen LogP) is 0.293. The normalized spacial score (nSPS) is 22.4. The molecule has 0 aliphatic carbocycles. The average molecular weight is 183 g/mol. The van der Waals surface area contributed by atoms with E-state index in [0.29, 0.717) is 30.8 Å². The Balaban J connectivity index is 2.03. The standard InChI is InChI=1S/C8H13N3O2/c1-9-4-7-10-8(13-11-7)6-2-3-12-5-6/h6,9H,2-5H2,1H3. The highest BCUT2D eigenvalue weighted by Gasteiger charge is 2.23. The number of ether oxygens (including phenoxy) is 1. The number of hydrogen-bond donors (Lipinski definition) is 1. The van der Waals surface area contributed by atoms with E-state index >= 15 is 0 Å². The zero-order valence-corrected chi connectivity index (χ0v) is 7.62. The van der Waals surface area contributed by atoms with Crippen LogP contribution in [-0.4, -0.2) is 30.4 Å². The molecule has 1 fully saturated rings. The van der Waals surface area contributed by atoms with Gasteiger partial charge in [-0.25, -0.2) is 0 Å². The van der Waals surface area contributed by atoms with Crippen molar-refractivity contribution in [2.24, 2.45) is 0 Å². The van der Waals surface area contributed by atoms with Crippen LogP contribution in [0.25, 0.3) is 0 Å². The predicted molar refractivity (Wildman–Crippen MR) is 45.2 cm³/mol. The van der Waals surface area contributed by atoms with Crippen LogP contribution >= 0.6 is 0 Å². The molecule has 0 spiro atoms. The van der Waals surface area contributed by atoms with Crippen LogP contribution < -0.4 is 5.32 Å². The number of nitrogens with one attached hydrogen (secondary N) is 1. The third-order valence-electron chi connectivity index (χ3n) is 2.10. The fraction of sp³-hybridized carbons (Fsp3) is 0.750. The van der Waals surface area contributed by atoms with E-state index in [1.54, 1.807) is 0 Å². The van der Waals surface area contributed by atoms with Gasteiger partial charge in [-0.05, 0) is 13.5 Å². The van der Waals surface area contributed by atoms with Crippen LogP contribution in [0.3, 0.4) is 0 Å². The van der Waals surface area contributed by atoms with Gasteiger partial charge in [0.1, 0.15) is 0 Å². The first-order valence-corrected chi connectivity index (χ1v) is 4.45. The average Bonchev–Trinajstić information content (AvgIpc) is 2.70. The molecule has 0 radical (unpaired) electrons. The molecule has 1 saturated heterocycles. The van der Waals surface area contributed by atoms with Crippen molar-refractivity contribution in [3.05, 3.63) is 11.7 Å². The lowest BCUT2D eigenvalue weighted by Gasteiger charge is -1.97. The first-order chi connectivity index (χ1) is 6.40. The number of aromatic nitrogens is 2. The van der Waals surface area contributed by atoms with Crippen LogP contribution in [-0.2, 0) is 11.3 Å². The summed E-state index contributed by atoms with van der Waals surface area (Å²) in [6.45, 7) is 2.16. The maximum absolute atomic E-state index is 5.24. The fourth-order valence-electron chi connectivity index (χ4n) is 1.39. The Bertz CT molecular complexity index is 268. The van der Waals surface area contributed by atoms with Gasteiger partial charge in [-0.15, -0.1) is 0 Å². The SMILES string of the molecule is CNCc1noc(C2CCOC2)n1. The second kappa shape index (κ2) is 3.85. The topological polar surface area (TPSA) is 60.2 Å². The van der Waals surface area contributed by atoms with E-state index in [1.165, 1.54) is 0 Å². The summed E-state index contributed by atoms with van der Waals surface area (Å²) in [4.78, 5) is 4.26. The molecule has 13 heavy (non-hydrogen) atoms. The van der Waals surface area contributed by atoms with Gasteiger partial charge in [0, 0.05) is 6.61 Å². The van der Waals surface area contributed by atoms with Crippen LogP contribution in [0.1, 0.15) is 24.1 Å². The lowest BCUT2D eigenvalue weighted by molar-refractivity contribution is 0.189. The van der Waals surface area contributed by atoms with Gasteiger partial charge in [-0.2, -0.15) is 4.98 Å². The number of hydrogen-bond acceptors (Lipinski definition) is 5. The number of nitrogens with zero attached hydrogens (tertiary/aromatic N) is 2. The van der Waals surface area contributed by atoms with E-state index in [0.717, 1.165) is 13.0 Å². The minimum Gasteiger partial charge on any atom is -0.381 e. The maximum Gasteiger partial charge on any atom is 0.232 e. The van der Waals surface area contributed by atoms with Crippen molar-refractivity contribution < 1.29 is 9.26 Å². The lowest BCUT2D eigenvalue weighted by Crippen LogP contribution is -2.07. The Morgan fingerprint density at radius 3 is 3.23 bits per heavy atom. The molecule has 1 aromatic heterocycles. The monoisotopic (exact) mass is 183 g/mol. The molecule has 5 nitrogen and oxygen atoms in total. The first kappa shape index (κ1) is 8.65. The number of rotatable bonds is 3. The summed E-state index contributed by atoms with van der Waals surface area (Å²) >= 11 is 0. The highest BCUT2D eigenvalue weighted by Crippen LogP contribution is 2.23. The molecule has 1 aliphatic rings. The lowest BCUT2D eigenvalue weighted by atomic mass is 10.1. The van der Waals surface area contributed by atoms with Gasteiger partial charge in [0.05, 0.1) is 19.1 Å². The second-order valence-corrected chi connectivity index (χ2v) is 3.14. The molecule has 72 valence electrons. The first-order valence-electron chi connectivity index (χ1n) is 4.45.